The molecule has 33 heavy (non-hydrogen) atoms. The van der Waals surface area contributed by atoms with Crippen molar-refractivity contribution < 1.29 is 9.59 Å². The number of hydrogen-bond donors (Lipinski definition) is 0. The Labute approximate surface area is 196 Å². The van der Waals surface area contributed by atoms with Crippen LogP contribution in [-0.4, -0.2) is 75.6 Å². The molecule has 4 rings (SSSR count). The molecule has 1 aromatic heterocycles. The molecule has 0 bridgehead atoms. The second kappa shape index (κ2) is 11.3. The summed E-state index contributed by atoms with van der Waals surface area (Å²) in [4.78, 5) is 31.8. The number of benzene rings is 1. The molecule has 176 valence electrons. The number of piperazine rings is 1. The molecule has 2 aliphatic rings. The minimum Gasteiger partial charge on any atom is -0.340 e. The molecule has 0 N–H and O–H groups in total. The Bertz CT molecular complexity index is 947. The highest BCUT2D eigenvalue weighted by Gasteiger charge is 2.25. The van der Waals surface area contributed by atoms with E-state index in [0.29, 0.717) is 12.3 Å². The average molecular weight is 450 g/mol. The Kier molecular flexibility index (Phi) is 7.94. The molecule has 0 spiro atoms. The fourth-order valence-corrected chi connectivity index (χ4v) is 4.78. The van der Waals surface area contributed by atoms with Crippen LogP contribution in [0.3, 0.4) is 0 Å². The molecule has 7 heteroatoms. The Balaban J connectivity index is 1.18. The predicted octanol–water partition coefficient (Wildman–Crippen LogP) is 2.80. The van der Waals surface area contributed by atoms with Crippen molar-refractivity contribution in [3.8, 4) is 0 Å². The molecule has 2 aliphatic heterocycles. The number of aryl methyl sites for hydroxylation is 1. The molecule has 1 atom stereocenters. The van der Waals surface area contributed by atoms with Crippen LogP contribution in [0.2, 0.25) is 0 Å². The lowest BCUT2D eigenvalue weighted by Gasteiger charge is -2.36. The van der Waals surface area contributed by atoms with Crippen molar-refractivity contribution in [2.75, 3.05) is 39.3 Å². The Morgan fingerprint density at radius 2 is 1.85 bits per heavy atom. The van der Waals surface area contributed by atoms with Gasteiger partial charge in [0.05, 0.1) is 6.20 Å². The van der Waals surface area contributed by atoms with Gasteiger partial charge in [-0.3, -0.25) is 19.2 Å². The minimum absolute atomic E-state index is 0.0458. The highest BCUT2D eigenvalue weighted by molar-refractivity contribution is 5.91. The molecule has 2 amide bonds. The first-order chi connectivity index (χ1) is 16.1. The summed E-state index contributed by atoms with van der Waals surface area (Å²) < 4.78 is 1.72. The SMILES string of the molecule is Cn1cc(/C=C/C(=O)N2CCCC(CCC(=O)N3CCN(Cc4ccccc4)CC3)C2)cn1. The van der Waals surface area contributed by atoms with Crippen molar-refractivity contribution in [2.24, 2.45) is 13.0 Å². The summed E-state index contributed by atoms with van der Waals surface area (Å²) in [6.07, 6.45) is 10.6. The number of carbonyl (C=O) groups is 2. The van der Waals surface area contributed by atoms with E-state index in [4.69, 9.17) is 0 Å². The standard InChI is InChI=1S/C26H35N5O2/c1-28-19-24(18-27-28)10-12-26(33)31-13-5-8-23(21-31)9-11-25(32)30-16-14-29(15-17-30)20-22-6-3-2-4-7-22/h2-4,6-7,10,12,18-19,23H,5,8-9,11,13-17,20-21H2,1H3/b12-10+. The van der Waals surface area contributed by atoms with Crippen LogP contribution in [0.1, 0.15) is 36.8 Å². The maximum Gasteiger partial charge on any atom is 0.246 e. The Morgan fingerprint density at radius 3 is 2.58 bits per heavy atom. The first kappa shape index (κ1) is 23.2. The van der Waals surface area contributed by atoms with Gasteiger partial charge in [-0.15, -0.1) is 0 Å². The van der Waals surface area contributed by atoms with Crippen molar-refractivity contribution in [1.82, 2.24) is 24.5 Å². The summed E-state index contributed by atoms with van der Waals surface area (Å²) >= 11 is 0. The van der Waals surface area contributed by atoms with Crippen LogP contribution in [0.4, 0.5) is 0 Å². The quantitative estimate of drug-likeness (QED) is 0.610. The van der Waals surface area contributed by atoms with Crippen molar-refractivity contribution in [3.63, 3.8) is 0 Å². The van der Waals surface area contributed by atoms with Gasteiger partial charge in [0.15, 0.2) is 0 Å². The van der Waals surface area contributed by atoms with Gasteiger partial charge in [0.2, 0.25) is 11.8 Å². The topological polar surface area (TPSA) is 61.7 Å². The van der Waals surface area contributed by atoms with E-state index < -0.39 is 0 Å². The zero-order chi connectivity index (χ0) is 23.0. The highest BCUT2D eigenvalue weighted by atomic mass is 16.2. The van der Waals surface area contributed by atoms with Gasteiger partial charge in [-0.1, -0.05) is 30.3 Å². The Hall–Kier alpha value is -2.93. The fraction of sp³-hybridized carbons (Fsp3) is 0.500. The molecule has 1 unspecified atom stereocenters. The lowest BCUT2D eigenvalue weighted by molar-refractivity contribution is -0.133. The zero-order valence-electron chi connectivity index (χ0n) is 19.6. The molecule has 7 nitrogen and oxygen atoms in total. The van der Waals surface area contributed by atoms with Crippen molar-refractivity contribution in [3.05, 3.63) is 59.9 Å². The fourth-order valence-electron chi connectivity index (χ4n) is 4.78. The van der Waals surface area contributed by atoms with Gasteiger partial charge in [-0.05, 0) is 36.8 Å². The van der Waals surface area contributed by atoms with Crippen molar-refractivity contribution in [1.29, 1.82) is 0 Å². The number of carbonyl (C=O) groups excluding carboxylic acids is 2. The molecule has 2 aromatic rings. The van der Waals surface area contributed by atoms with Crippen LogP contribution in [0.5, 0.6) is 0 Å². The first-order valence-corrected chi connectivity index (χ1v) is 12.1. The van der Waals surface area contributed by atoms with Crippen LogP contribution < -0.4 is 0 Å². The summed E-state index contributed by atoms with van der Waals surface area (Å²) in [5, 5.41) is 4.12. The molecule has 2 fully saturated rings. The van der Waals surface area contributed by atoms with Crippen molar-refractivity contribution in [2.45, 2.75) is 32.2 Å². The second-order valence-electron chi connectivity index (χ2n) is 9.25. The van der Waals surface area contributed by atoms with E-state index in [1.807, 2.05) is 35.2 Å². The second-order valence-corrected chi connectivity index (χ2v) is 9.25. The molecule has 1 aromatic carbocycles. The molecular weight excluding hydrogens is 414 g/mol. The van der Waals surface area contributed by atoms with Crippen LogP contribution in [0.25, 0.3) is 6.08 Å². The van der Waals surface area contributed by atoms with Gasteiger partial charge in [0, 0.05) is 77.1 Å². The van der Waals surface area contributed by atoms with Crippen LogP contribution in [0, 0.1) is 5.92 Å². The third kappa shape index (κ3) is 6.78. The number of piperidine rings is 1. The van der Waals surface area contributed by atoms with Gasteiger partial charge in [0.25, 0.3) is 0 Å². The lowest BCUT2D eigenvalue weighted by Crippen LogP contribution is -2.48. The van der Waals surface area contributed by atoms with E-state index in [2.05, 4.69) is 34.3 Å². The van der Waals surface area contributed by atoms with Crippen LogP contribution in [0.15, 0.2) is 48.8 Å². The number of aromatic nitrogens is 2. The summed E-state index contributed by atoms with van der Waals surface area (Å²) in [5.41, 5.74) is 2.25. The van der Waals surface area contributed by atoms with E-state index in [1.54, 1.807) is 17.0 Å². The molecule has 0 aliphatic carbocycles. The minimum atomic E-state index is 0.0458. The zero-order valence-corrected chi connectivity index (χ0v) is 19.6. The van der Waals surface area contributed by atoms with E-state index in [-0.39, 0.29) is 11.8 Å². The third-order valence-corrected chi connectivity index (χ3v) is 6.71. The summed E-state index contributed by atoms with van der Waals surface area (Å²) in [5.74, 6) is 0.705. The van der Waals surface area contributed by atoms with Gasteiger partial charge in [-0.2, -0.15) is 5.10 Å². The monoisotopic (exact) mass is 449 g/mol. The smallest absolute Gasteiger partial charge is 0.246 e. The van der Waals surface area contributed by atoms with E-state index in [1.165, 1.54) is 5.56 Å². The Morgan fingerprint density at radius 1 is 1.06 bits per heavy atom. The molecule has 3 heterocycles. The summed E-state index contributed by atoms with van der Waals surface area (Å²) in [6, 6.07) is 10.5. The highest BCUT2D eigenvalue weighted by Crippen LogP contribution is 2.22. The lowest BCUT2D eigenvalue weighted by atomic mass is 9.93. The van der Waals surface area contributed by atoms with Crippen LogP contribution in [-0.2, 0) is 23.2 Å². The van der Waals surface area contributed by atoms with Gasteiger partial charge in [-0.25, -0.2) is 0 Å². The van der Waals surface area contributed by atoms with Crippen molar-refractivity contribution >= 4 is 17.9 Å². The molecular formula is C26H35N5O2. The summed E-state index contributed by atoms with van der Waals surface area (Å²) in [7, 11) is 1.86. The number of nitrogens with zero attached hydrogens (tertiary/aromatic N) is 5. The van der Waals surface area contributed by atoms with Crippen LogP contribution >= 0.6 is 0 Å². The number of amides is 2. The predicted molar refractivity (Wildman–Crippen MR) is 129 cm³/mol. The maximum atomic E-state index is 12.8. The molecule has 2 saturated heterocycles. The van der Waals surface area contributed by atoms with E-state index in [0.717, 1.165) is 70.6 Å². The first-order valence-electron chi connectivity index (χ1n) is 12.1. The van der Waals surface area contributed by atoms with E-state index >= 15 is 0 Å². The van der Waals surface area contributed by atoms with E-state index in [9.17, 15) is 9.59 Å². The summed E-state index contributed by atoms with van der Waals surface area (Å²) in [6.45, 7) is 5.95. The van der Waals surface area contributed by atoms with Gasteiger partial charge in [0.1, 0.15) is 0 Å². The average Bonchev–Trinajstić information content (AvgIpc) is 3.27. The number of rotatable bonds is 7. The molecule has 0 saturated carbocycles. The number of hydrogen-bond acceptors (Lipinski definition) is 4. The van der Waals surface area contributed by atoms with Gasteiger partial charge < -0.3 is 9.80 Å². The number of likely N-dealkylation sites (tertiary alicyclic amines) is 1. The van der Waals surface area contributed by atoms with Gasteiger partial charge >= 0.3 is 0 Å². The normalized spacial score (nSPS) is 19.8. The largest absolute Gasteiger partial charge is 0.340 e. The molecule has 0 radical (unpaired) electrons. The maximum absolute atomic E-state index is 12.8. The third-order valence-electron chi connectivity index (χ3n) is 6.71.